The Morgan fingerprint density at radius 1 is 1.30 bits per heavy atom. The highest BCUT2D eigenvalue weighted by atomic mass is 35.5. The summed E-state index contributed by atoms with van der Waals surface area (Å²) in [6, 6.07) is 5.47. The van der Waals surface area contributed by atoms with Gasteiger partial charge in [0.2, 0.25) is 11.6 Å². The van der Waals surface area contributed by atoms with Crippen LogP contribution in [0.4, 0.5) is 5.82 Å². The fraction of sp³-hybridized carbons (Fsp3) is 0.400. The van der Waals surface area contributed by atoms with Crippen LogP contribution in [0.2, 0.25) is 10.0 Å². The van der Waals surface area contributed by atoms with Crippen molar-refractivity contribution < 1.29 is 9.42 Å². The summed E-state index contributed by atoms with van der Waals surface area (Å²) < 4.78 is 6.08. The van der Waals surface area contributed by atoms with Crippen LogP contribution in [-0.4, -0.2) is 55.4 Å². The summed E-state index contributed by atoms with van der Waals surface area (Å²) in [5.74, 6) is -0.345. The van der Waals surface area contributed by atoms with Gasteiger partial charge in [0.1, 0.15) is 0 Å². The van der Waals surface area contributed by atoms with Crippen LogP contribution < -0.4 is 11.2 Å². The maximum atomic E-state index is 12.9. The number of nitrogen functional groups attached to an aromatic ring is 1. The highest BCUT2D eigenvalue weighted by molar-refractivity contribution is 6.38. The molecule has 3 N–H and O–H groups in total. The zero-order valence-electron chi connectivity index (χ0n) is 17.9. The third-order valence-corrected chi connectivity index (χ3v) is 6.29. The number of amides is 1. The van der Waals surface area contributed by atoms with Gasteiger partial charge in [-0.15, -0.1) is 5.10 Å². The van der Waals surface area contributed by atoms with E-state index in [2.05, 4.69) is 36.1 Å². The van der Waals surface area contributed by atoms with E-state index in [-0.39, 0.29) is 17.3 Å². The Morgan fingerprint density at radius 3 is 2.70 bits per heavy atom. The molecular formula is C20H23Cl2N9O2. The van der Waals surface area contributed by atoms with Gasteiger partial charge >= 0.3 is 0 Å². The molecule has 1 aliphatic rings. The summed E-state index contributed by atoms with van der Waals surface area (Å²) in [6.07, 6.45) is 7.16. The number of anilines is 1. The number of nitrogens with one attached hydrogen (secondary N) is 1. The maximum Gasteiger partial charge on any atom is 0.293 e. The quantitative estimate of drug-likeness (QED) is 0.379. The van der Waals surface area contributed by atoms with E-state index >= 15 is 0 Å². The molecule has 0 atom stereocenters. The molecule has 1 fully saturated rings. The van der Waals surface area contributed by atoms with Gasteiger partial charge in [-0.2, -0.15) is 9.78 Å². The molecule has 2 aromatic heterocycles. The number of benzene rings is 1. The van der Waals surface area contributed by atoms with Crippen molar-refractivity contribution in [2.45, 2.75) is 44.7 Å². The van der Waals surface area contributed by atoms with E-state index in [4.69, 9.17) is 33.6 Å². The van der Waals surface area contributed by atoms with Gasteiger partial charge in [-0.25, -0.2) is 10.1 Å². The van der Waals surface area contributed by atoms with Gasteiger partial charge in [0, 0.05) is 18.2 Å². The first-order valence-electron chi connectivity index (χ1n) is 10.5. The van der Waals surface area contributed by atoms with E-state index in [0.717, 1.165) is 12.8 Å². The average molecular weight is 492 g/mol. The summed E-state index contributed by atoms with van der Waals surface area (Å²) in [5.41, 5.74) is 9.38. The van der Waals surface area contributed by atoms with Crippen molar-refractivity contribution in [2.75, 3.05) is 12.8 Å². The Hall–Kier alpha value is -3.02. The Bertz CT molecular complexity index is 1130. The lowest BCUT2D eigenvalue weighted by atomic mass is 9.94. The average Bonchev–Trinajstić information content (AvgIpc) is 3.42. The summed E-state index contributed by atoms with van der Waals surface area (Å²) in [7, 11) is 2.01. The van der Waals surface area contributed by atoms with Crippen LogP contribution in [0.15, 0.2) is 27.9 Å². The van der Waals surface area contributed by atoms with Crippen LogP contribution in [-0.2, 0) is 6.54 Å². The standard InChI is InChI=1S/C20H23Cl2N9O2/c1-30(12-6-3-2-4-7-12)11-16-17(25-29-31(16)19-18(23)27-33-28-19)20(32)26-24-10-13-14(21)8-5-9-15(13)22/h5,8-10,12H,2-4,6-7,11H2,1H3,(H2,23,27)(H,26,32). The first-order valence-corrected chi connectivity index (χ1v) is 11.2. The van der Waals surface area contributed by atoms with Crippen molar-refractivity contribution in [2.24, 2.45) is 5.10 Å². The normalized spacial score (nSPS) is 14.9. The molecule has 3 aromatic rings. The Labute approximate surface area is 199 Å². The highest BCUT2D eigenvalue weighted by Gasteiger charge is 2.27. The lowest BCUT2D eigenvalue weighted by Gasteiger charge is -2.31. The van der Waals surface area contributed by atoms with Crippen LogP contribution in [0.3, 0.4) is 0 Å². The first kappa shape index (κ1) is 23.1. The molecule has 0 radical (unpaired) electrons. The van der Waals surface area contributed by atoms with Crippen molar-refractivity contribution in [1.82, 2.24) is 35.6 Å². The summed E-state index contributed by atoms with van der Waals surface area (Å²) in [6.45, 7) is 0.396. The molecule has 0 unspecified atom stereocenters. The van der Waals surface area contributed by atoms with E-state index in [1.807, 2.05) is 7.05 Å². The van der Waals surface area contributed by atoms with E-state index in [1.54, 1.807) is 18.2 Å². The fourth-order valence-corrected chi connectivity index (χ4v) is 4.35. The lowest BCUT2D eigenvalue weighted by molar-refractivity contribution is 0.0947. The number of nitrogens with zero attached hydrogens (tertiary/aromatic N) is 7. The number of carbonyl (C=O) groups is 1. The minimum absolute atomic E-state index is 0.0415. The number of nitrogens with two attached hydrogens (primary N) is 1. The third-order valence-electron chi connectivity index (χ3n) is 5.63. The summed E-state index contributed by atoms with van der Waals surface area (Å²) in [5, 5.41) is 20.3. The summed E-state index contributed by atoms with van der Waals surface area (Å²) in [4.78, 5) is 15.1. The van der Waals surface area contributed by atoms with Gasteiger partial charge in [0.25, 0.3) is 5.91 Å². The van der Waals surface area contributed by atoms with Gasteiger partial charge in [-0.3, -0.25) is 9.69 Å². The van der Waals surface area contributed by atoms with Crippen LogP contribution in [0.1, 0.15) is 53.8 Å². The molecule has 0 spiro atoms. The predicted octanol–water partition coefficient (Wildman–Crippen LogP) is 3.07. The molecule has 2 heterocycles. The molecule has 1 aliphatic carbocycles. The zero-order valence-corrected chi connectivity index (χ0v) is 19.4. The number of hydrogen-bond donors (Lipinski definition) is 2. The van der Waals surface area contributed by atoms with Crippen molar-refractivity contribution in [1.29, 1.82) is 0 Å². The molecule has 174 valence electrons. The second-order valence-corrected chi connectivity index (χ2v) is 8.63. The molecule has 13 heteroatoms. The van der Waals surface area contributed by atoms with Gasteiger partial charge in [0.05, 0.1) is 22.0 Å². The van der Waals surface area contributed by atoms with Gasteiger partial charge < -0.3 is 5.73 Å². The second-order valence-electron chi connectivity index (χ2n) is 7.81. The number of hydrazone groups is 1. The highest BCUT2D eigenvalue weighted by Crippen LogP contribution is 2.25. The smallest absolute Gasteiger partial charge is 0.293 e. The van der Waals surface area contributed by atoms with E-state index in [1.165, 1.54) is 30.2 Å². The first-order chi connectivity index (χ1) is 16.0. The monoisotopic (exact) mass is 491 g/mol. The molecule has 0 saturated heterocycles. The Morgan fingerprint density at radius 2 is 2.03 bits per heavy atom. The number of hydrogen-bond acceptors (Lipinski definition) is 9. The fourth-order valence-electron chi connectivity index (χ4n) is 3.86. The molecule has 11 nitrogen and oxygen atoms in total. The number of aromatic nitrogens is 5. The number of carbonyl (C=O) groups excluding carboxylic acids is 1. The Kier molecular flexibility index (Phi) is 7.21. The minimum atomic E-state index is -0.553. The minimum Gasteiger partial charge on any atom is -0.378 e. The largest absolute Gasteiger partial charge is 0.378 e. The topological polar surface area (TPSA) is 140 Å². The third kappa shape index (κ3) is 5.15. The number of rotatable bonds is 7. The molecule has 0 bridgehead atoms. The van der Waals surface area contributed by atoms with E-state index < -0.39 is 5.91 Å². The van der Waals surface area contributed by atoms with Crippen LogP contribution >= 0.6 is 23.2 Å². The molecular weight excluding hydrogens is 469 g/mol. The maximum absolute atomic E-state index is 12.9. The van der Waals surface area contributed by atoms with Crippen molar-refractivity contribution in [3.8, 4) is 5.82 Å². The number of halogens is 2. The molecule has 1 aromatic carbocycles. The second kappa shape index (κ2) is 10.3. The van der Waals surface area contributed by atoms with Crippen LogP contribution in [0, 0.1) is 0 Å². The van der Waals surface area contributed by atoms with Crippen LogP contribution in [0.5, 0.6) is 0 Å². The SMILES string of the molecule is CN(Cc1c(C(=O)NN=Cc2c(Cl)cccc2Cl)nnn1-c1nonc1N)C1CCCCC1. The molecule has 1 amide bonds. The van der Waals surface area contributed by atoms with E-state index in [0.29, 0.717) is 33.9 Å². The van der Waals surface area contributed by atoms with Crippen LogP contribution in [0.25, 0.3) is 5.82 Å². The molecule has 1 saturated carbocycles. The Balaban J connectivity index is 1.59. The van der Waals surface area contributed by atoms with Gasteiger partial charge in [-0.05, 0) is 42.3 Å². The zero-order chi connectivity index (χ0) is 23.4. The predicted molar refractivity (Wildman–Crippen MR) is 123 cm³/mol. The molecule has 33 heavy (non-hydrogen) atoms. The summed E-state index contributed by atoms with van der Waals surface area (Å²) >= 11 is 12.3. The van der Waals surface area contributed by atoms with Crippen molar-refractivity contribution in [3.05, 3.63) is 45.2 Å². The van der Waals surface area contributed by atoms with E-state index in [9.17, 15) is 4.79 Å². The van der Waals surface area contributed by atoms with Gasteiger partial charge in [0.15, 0.2) is 5.69 Å². The molecule has 4 rings (SSSR count). The molecule has 0 aliphatic heterocycles. The lowest BCUT2D eigenvalue weighted by Crippen LogP contribution is -2.34. The van der Waals surface area contributed by atoms with Crippen molar-refractivity contribution >= 4 is 41.1 Å². The van der Waals surface area contributed by atoms with Crippen molar-refractivity contribution in [3.63, 3.8) is 0 Å². The van der Waals surface area contributed by atoms with Gasteiger partial charge in [-0.1, -0.05) is 53.7 Å².